The number of hydrogen-bond acceptors (Lipinski definition) is 4. The van der Waals surface area contributed by atoms with E-state index in [1.807, 2.05) is 13.8 Å². The van der Waals surface area contributed by atoms with Crippen LogP contribution in [0.1, 0.15) is 30.6 Å². The highest BCUT2D eigenvalue weighted by Crippen LogP contribution is 2.22. The maximum Gasteiger partial charge on any atom is 0.326 e. The lowest BCUT2D eigenvalue weighted by Crippen LogP contribution is -2.46. The minimum atomic E-state index is -1.11. The van der Waals surface area contributed by atoms with Gasteiger partial charge >= 0.3 is 5.97 Å². The first kappa shape index (κ1) is 19.8. The predicted octanol–water partition coefficient (Wildman–Crippen LogP) is 1.69. The van der Waals surface area contributed by atoms with Gasteiger partial charge in [0, 0.05) is 5.02 Å². The highest BCUT2D eigenvalue weighted by molar-refractivity contribution is 6.30. The van der Waals surface area contributed by atoms with E-state index in [0.717, 1.165) is 0 Å². The van der Waals surface area contributed by atoms with Gasteiger partial charge in [-0.1, -0.05) is 25.4 Å². The van der Waals surface area contributed by atoms with Crippen LogP contribution >= 0.6 is 11.6 Å². The summed E-state index contributed by atoms with van der Waals surface area (Å²) in [5.74, 6) is -1.82. The van der Waals surface area contributed by atoms with E-state index in [0.29, 0.717) is 11.4 Å². The minimum Gasteiger partial charge on any atom is -0.496 e. The van der Waals surface area contributed by atoms with Crippen molar-refractivity contribution in [3.05, 3.63) is 28.8 Å². The number of carboxylic acid groups (broad SMARTS) is 1. The average Bonchev–Trinajstić information content (AvgIpc) is 2.51. The SMILES string of the molecule is COc1cc(Cl)ccc1C(=O)NCC(=O)N[C@@H](CC(C)C)C(=O)O. The molecule has 0 saturated carbocycles. The second-order valence-corrected chi connectivity index (χ2v) is 6.05. The molecule has 0 aliphatic carbocycles. The zero-order chi connectivity index (χ0) is 18.3. The number of ether oxygens (including phenoxy) is 1. The first-order valence-electron chi connectivity index (χ1n) is 7.38. The molecule has 1 aromatic rings. The standard InChI is InChI=1S/C16H21ClN2O5/c1-9(2)6-12(16(22)23)19-14(20)8-18-15(21)11-5-4-10(17)7-13(11)24-3/h4-5,7,9,12H,6,8H2,1-3H3,(H,18,21)(H,19,20)(H,22,23)/t12-/m0/s1. The van der Waals surface area contributed by atoms with Crippen molar-refractivity contribution in [1.82, 2.24) is 10.6 Å². The van der Waals surface area contributed by atoms with Gasteiger partial charge in [0.2, 0.25) is 5.91 Å². The lowest BCUT2D eigenvalue weighted by atomic mass is 10.0. The van der Waals surface area contributed by atoms with Gasteiger partial charge < -0.3 is 20.5 Å². The van der Waals surface area contributed by atoms with Crippen LogP contribution in [0.3, 0.4) is 0 Å². The molecule has 0 heterocycles. The summed E-state index contributed by atoms with van der Waals surface area (Å²) in [6, 6.07) is 3.51. The van der Waals surface area contributed by atoms with E-state index in [4.69, 9.17) is 21.4 Å². The summed E-state index contributed by atoms with van der Waals surface area (Å²) in [6.07, 6.45) is 0.306. The van der Waals surface area contributed by atoms with Crippen molar-refractivity contribution in [2.75, 3.05) is 13.7 Å². The van der Waals surface area contributed by atoms with Gasteiger partial charge in [-0.2, -0.15) is 0 Å². The number of methoxy groups -OCH3 is 1. The van der Waals surface area contributed by atoms with Crippen molar-refractivity contribution >= 4 is 29.4 Å². The van der Waals surface area contributed by atoms with Crippen LogP contribution in [-0.4, -0.2) is 42.6 Å². The molecule has 0 aromatic heterocycles. The molecule has 2 amide bonds. The van der Waals surface area contributed by atoms with Crippen molar-refractivity contribution in [3.63, 3.8) is 0 Å². The summed E-state index contributed by atoms with van der Waals surface area (Å²) in [5, 5.41) is 14.3. The van der Waals surface area contributed by atoms with Gasteiger partial charge in [0.1, 0.15) is 11.8 Å². The highest BCUT2D eigenvalue weighted by Gasteiger charge is 2.21. The Hall–Kier alpha value is -2.28. The molecular weight excluding hydrogens is 336 g/mol. The zero-order valence-electron chi connectivity index (χ0n) is 13.8. The molecule has 0 bridgehead atoms. The maximum absolute atomic E-state index is 12.1. The third kappa shape index (κ3) is 6.08. The van der Waals surface area contributed by atoms with E-state index in [1.54, 1.807) is 0 Å². The Morgan fingerprint density at radius 2 is 1.96 bits per heavy atom. The van der Waals surface area contributed by atoms with Gasteiger partial charge in [0.25, 0.3) is 5.91 Å². The number of halogens is 1. The quantitative estimate of drug-likeness (QED) is 0.657. The van der Waals surface area contributed by atoms with E-state index in [2.05, 4.69) is 10.6 Å². The molecule has 24 heavy (non-hydrogen) atoms. The monoisotopic (exact) mass is 356 g/mol. The van der Waals surface area contributed by atoms with Crippen LogP contribution in [0.4, 0.5) is 0 Å². The third-order valence-corrected chi connectivity index (χ3v) is 3.39. The Morgan fingerprint density at radius 1 is 1.29 bits per heavy atom. The summed E-state index contributed by atoms with van der Waals surface area (Å²) in [4.78, 5) is 35.1. The molecule has 0 unspecified atom stereocenters. The maximum atomic E-state index is 12.1. The number of nitrogens with one attached hydrogen (secondary N) is 2. The number of carboxylic acids is 1. The van der Waals surface area contributed by atoms with Crippen molar-refractivity contribution < 1.29 is 24.2 Å². The number of carbonyl (C=O) groups is 3. The van der Waals surface area contributed by atoms with Crippen molar-refractivity contribution in [2.45, 2.75) is 26.3 Å². The number of rotatable bonds is 8. The van der Waals surface area contributed by atoms with Crippen LogP contribution in [0.2, 0.25) is 5.02 Å². The number of hydrogen-bond donors (Lipinski definition) is 3. The molecule has 0 radical (unpaired) electrons. The second kappa shape index (κ2) is 9.12. The molecule has 132 valence electrons. The molecule has 1 rings (SSSR count). The molecule has 8 heteroatoms. The van der Waals surface area contributed by atoms with E-state index in [-0.39, 0.29) is 23.8 Å². The summed E-state index contributed by atoms with van der Waals surface area (Å²) in [6.45, 7) is 3.37. The minimum absolute atomic E-state index is 0.110. The average molecular weight is 357 g/mol. The fourth-order valence-electron chi connectivity index (χ4n) is 2.05. The Balaban J connectivity index is 2.63. The highest BCUT2D eigenvalue weighted by atomic mass is 35.5. The van der Waals surface area contributed by atoms with Gasteiger partial charge in [-0.15, -0.1) is 0 Å². The van der Waals surface area contributed by atoms with Crippen molar-refractivity contribution in [2.24, 2.45) is 5.92 Å². The Bertz CT molecular complexity index is 618. The Morgan fingerprint density at radius 3 is 2.50 bits per heavy atom. The van der Waals surface area contributed by atoms with Crippen LogP contribution in [0, 0.1) is 5.92 Å². The smallest absolute Gasteiger partial charge is 0.326 e. The largest absolute Gasteiger partial charge is 0.496 e. The normalized spacial score (nSPS) is 11.7. The number of aliphatic carboxylic acids is 1. The van der Waals surface area contributed by atoms with E-state index in [9.17, 15) is 14.4 Å². The zero-order valence-corrected chi connectivity index (χ0v) is 14.5. The fourth-order valence-corrected chi connectivity index (χ4v) is 2.21. The first-order chi connectivity index (χ1) is 11.2. The molecular formula is C16H21ClN2O5. The molecule has 0 fully saturated rings. The molecule has 7 nitrogen and oxygen atoms in total. The Labute approximate surface area is 145 Å². The fraction of sp³-hybridized carbons (Fsp3) is 0.438. The van der Waals surface area contributed by atoms with Gasteiger partial charge in [-0.25, -0.2) is 4.79 Å². The van der Waals surface area contributed by atoms with Crippen LogP contribution < -0.4 is 15.4 Å². The lowest BCUT2D eigenvalue weighted by Gasteiger charge is -2.16. The van der Waals surface area contributed by atoms with E-state index < -0.39 is 23.8 Å². The van der Waals surface area contributed by atoms with E-state index in [1.165, 1.54) is 25.3 Å². The van der Waals surface area contributed by atoms with Crippen LogP contribution in [-0.2, 0) is 9.59 Å². The molecule has 0 aliphatic rings. The number of benzene rings is 1. The molecule has 3 N–H and O–H groups in total. The van der Waals surface area contributed by atoms with Crippen LogP contribution in [0.5, 0.6) is 5.75 Å². The molecule has 1 atom stereocenters. The van der Waals surface area contributed by atoms with Crippen molar-refractivity contribution in [3.8, 4) is 5.75 Å². The molecule has 0 saturated heterocycles. The topological polar surface area (TPSA) is 105 Å². The first-order valence-corrected chi connectivity index (χ1v) is 7.76. The Kier molecular flexibility index (Phi) is 7.51. The molecule has 0 aliphatic heterocycles. The van der Waals surface area contributed by atoms with Crippen molar-refractivity contribution in [1.29, 1.82) is 0 Å². The summed E-state index contributed by atoms with van der Waals surface area (Å²) < 4.78 is 5.07. The van der Waals surface area contributed by atoms with Crippen LogP contribution in [0.25, 0.3) is 0 Å². The summed E-state index contributed by atoms with van der Waals surface area (Å²) in [7, 11) is 1.40. The summed E-state index contributed by atoms with van der Waals surface area (Å²) >= 11 is 5.82. The number of carbonyl (C=O) groups excluding carboxylic acids is 2. The molecule has 1 aromatic carbocycles. The number of amides is 2. The van der Waals surface area contributed by atoms with Crippen LogP contribution in [0.15, 0.2) is 18.2 Å². The predicted molar refractivity (Wildman–Crippen MR) is 89.4 cm³/mol. The summed E-state index contributed by atoms with van der Waals surface area (Å²) in [5.41, 5.74) is 0.228. The van der Waals surface area contributed by atoms with Gasteiger partial charge in [-0.05, 0) is 30.5 Å². The van der Waals surface area contributed by atoms with Gasteiger partial charge in [-0.3, -0.25) is 9.59 Å². The van der Waals surface area contributed by atoms with Gasteiger partial charge in [0.05, 0.1) is 19.2 Å². The van der Waals surface area contributed by atoms with E-state index >= 15 is 0 Å². The van der Waals surface area contributed by atoms with Gasteiger partial charge in [0.15, 0.2) is 0 Å². The second-order valence-electron chi connectivity index (χ2n) is 5.62. The lowest BCUT2D eigenvalue weighted by molar-refractivity contribution is -0.142. The molecule has 0 spiro atoms. The third-order valence-electron chi connectivity index (χ3n) is 3.16.